The molecule has 0 unspecified atom stereocenters. The Labute approximate surface area is 192 Å². The van der Waals surface area contributed by atoms with E-state index >= 15 is 0 Å². The van der Waals surface area contributed by atoms with Crippen molar-refractivity contribution < 1.29 is 14.3 Å². The molecule has 0 fully saturated rings. The normalized spacial score (nSPS) is 11.5. The molecule has 3 aromatic carbocycles. The Kier molecular flexibility index (Phi) is 7.87. The molecule has 7 heteroatoms. The van der Waals surface area contributed by atoms with Crippen LogP contribution in [0, 0.1) is 6.92 Å². The molecule has 3 rings (SSSR count). The predicted molar refractivity (Wildman–Crippen MR) is 129 cm³/mol. The summed E-state index contributed by atoms with van der Waals surface area (Å²) in [6, 6.07) is 20.1. The first-order valence-corrected chi connectivity index (χ1v) is 10.6. The molecule has 3 aromatic rings. The molecular weight excluding hydrogens is 426 g/mol. The zero-order chi connectivity index (χ0) is 23.1. The first-order chi connectivity index (χ1) is 15.4. The predicted octanol–water partition coefficient (Wildman–Crippen LogP) is 5.20. The van der Waals surface area contributed by atoms with Crippen molar-refractivity contribution in [1.29, 1.82) is 0 Å². The maximum absolute atomic E-state index is 13.0. The van der Waals surface area contributed by atoms with Crippen molar-refractivity contribution in [3.8, 4) is 5.75 Å². The molecule has 32 heavy (non-hydrogen) atoms. The number of ether oxygens (including phenoxy) is 1. The third-order valence-corrected chi connectivity index (χ3v) is 5.45. The standard InChI is InChI=1S/C25H26ClN3O3/c1-16-13-22(23(32-3)14-20(16)26)29-25(31)19-11-7-8-12-21(19)28-24(30)15-27-17(2)18-9-5-4-6-10-18/h4-14,17,27H,15H2,1-3H3,(H,28,30)(H,29,31)/t17-/m1/s1. The minimum Gasteiger partial charge on any atom is -0.495 e. The topological polar surface area (TPSA) is 79.5 Å². The first-order valence-electron chi connectivity index (χ1n) is 10.2. The Hall–Kier alpha value is -3.35. The Balaban J connectivity index is 1.68. The zero-order valence-electron chi connectivity index (χ0n) is 18.2. The molecule has 0 aliphatic heterocycles. The highest BCUT2D eigenvalue weighted by Gasteiger charge is 2.16. The van der Waals surface area contributed by atoms with Gasteiger partial charge < -0.3 is 20.7 Å². The lowest BCUT2D eigenvalue weighted by atomic mass is 10.1. The lowest BCUT2D eigenvalue weighted by Crippen LogP contribution is -2.30. The number of hydrogen-bond acceptors (Lipinski definition) is 4. The van der Waals surface area contributed by atoms with E-state index in [1.165, 1.54) is 7.11 Å². The molecule has 0 spiro atoms. The number of amides is 2. The molecule has 0 aliphatic rings. The number of methoxy groups -OCH3 is 1. The molecular formula is C25H26ClN3O3. The molecule has 2 amide bonds. The van der Waals surface area contributed by atoms with Gasteiger partial charge in [0.15, 0.2) is 0 Å². The molecule has 0 aliphatic carbocycles. The molecule has 0 aromatic heterocycles. The van der Waals surface area contributed by atoms with E-state index < -0.39 is 0 Å². The molecule has 0 radical (unpaired) electrons. The van der Waals surface area contributed by atoms with E-state index in [0.29, 0.717) is 27.7 Å². The van der Waals surface area contributed by atoms with Crippen LogP contribution in [0.25, 0.3) is 0 Å². The van der Waals surface area contributed by atoms with Crippen molar-refractivity contribution in [3.63, 3.8) is 0 Å². The van der Waals surface area contributed by atoms with Crippen LogP contribution in [0.5, 0.6) is 5.75 Å². The van der Waals surface area contributed by atoms with Crippen molar-refractivity contribution in [2.75, 3.05) is 24.3 Å². The van der Waals surface area contributed by atoms with Crippen LogP contribution < -0.4 is 20.7 Å². The molecule has 0 bridgehead atoms. The molecule has 0 saturated heterocycles. The van der Waals surface area contributed by atoms with Gasteiger partial charge in [0.2, 0.25) is 5.91 Å². The summed E-state index contributed by atoms with van der Waals surface area (Å²) in [5.41, 5.74) is 3.16. The van der Waals surface area contributed by atoms with Crippen LogP contribution in [0.4, 0.5) is 11.4 Å². The maximum Gasteiger partial charge on any atom is 0.257 e. The van der Waals surface area contributed by atoms with Crippen LogP contribution in [0.3, 0.4) is 0 Å². The number of carbonyl (C=O) groups excluding carboxylic acids is 2. The molecule has 3 N–H and O–H groups in total. The van der Waals surface area contributed by atoms with Crippen molar-refractivity contribution in [1.82, 2.24) is 5.32 Å². The van der Waals surface area contributed by atoms with Crippen molar-refractivity contribution in [2.45, 2.75) is 19.9 Å². The lowest BCUT2D eigenvalue weighted by Gasteiger charge is -2.16. The second-order valence-corrected chi connectivity index (χ2v) is 7.77. The minimum atomic E-state index is -0.369. The molecule has 0 saturated carbocycles. The van der Waals surface area contributed by atoms with E-state index in [1.807, 2.05) is 44.2 Å². The van der Waals surface area contributed by atoms with E-state index in [2.05, 4.69) is 16.0 Å². The van der Waals surface area contributed by atoms with Gasteiger partial charge in [-0.15, -0.1) is 0 Å². The Morgan fingerprint density at radius 1 is 0.969 bits per heavy atom. The van der Waals surface area contributed by atoms with Crippen LogP contribution in [0.2, 0.25) is 5.02 Å². The average Bonchev–Trinajstić information content (AvgIpc) is 2.80. The SMILES string of the molecule is COc1cc(Cl)c(C)cc1NC(=O)c1ccccc1NC(=O)CN[C@H](C)c1ccccc1. The zero-order valence-corrected chi connectivity index (χ0v) is 19.0. The Morgan fingerprint density at radius 2 is 1.66 bits per heavy atom. The number of aryl methyl sites for hydroxylation is 1. The fraction of sp³-hybridized carbons (Fsp3) is 0.200. The highest BCUT2D eigenvalue weighted by Crippen LogP contribution is 2.31. The van der Waals surface area contributed by atoms with E-state index in [9.17, 15) is 9.59 Å². The van der Waals surface area contributed by atoms with Crippen LogP contribution >= 0.6 is 11.6 Å². The highest BCUT2D eigenvalue weighted by molar-refractivity contribution is 6.31. The summed E-state index contributed by atoms with van der Waals surface area (Å²) >= 11 is 6.15. The fourth-order valence-corrected chi connectivity index (χ4v) is 3.36. The number of benzene rings is 3. The van der Waals surface area contributed by atoms with Gasteiger partial charge in [-0.25, -0.2) is 0 Å². The fourth-order valence-electron chi connectivity index (χ4n) is 3.21. The lowest BCUT2D eigenvalue weighted by molar-refractivity contribution is -0.115. The van der Waals surface area contributed by atoms with Crippen molar-refractivity contribution in [2.24, 2.45) is 0 Å². The number of carbonyl (C=O) groups is 2. The maximum atomic E-state index is 13.0. The second kappa shape index (κ2) is 10.8. The monoisotopic (exact) mass is 451 g/mol. The van der Waals surface area contributed by atoms with E-state index in [0.717, 1.165) is 11.1 Å². The van der Waals surface area contributed by atoms with Gasteiger partial charge >= 0.3 is 0 Å². The van der Waals surface area contributed by atoms with Crippen molar-refractivity contribution in [3.05, 3.63) is 88.4 Å². The van der Waals surface area contributed by atoms with Gasteiger partial charge in [-0.1, -0.05) is 54.1 Å². The largest absolute Gasteiger partial charge is 0.495 e. The summed E-state index contributed by atoms with van der Waals surface area (Å²) in [4.78, 5) is 25.5. The molecule has 0 heterocycles. The number of rotatable bonds is 8. The van der Waals surface area contributed by atoms with Gasteiger partial charge in [0.25, 0.3) is 5.91 Å². The number of nitrogens with one attached hydrogen (secondary N) is 3. The van der Waals surface area contributed by atoms with Crippen molar-refractivity contribution >= 4 is 34.8 Å². The highest BCUT2D eigenvalue weighted by atomic mass is 35.5. The van der Waals surface area contributed by atoms with E-state index in [4.69, 9.17) is 16.3 Å². The summed E-state index contributed by atoms with van der Waals surface area (Å²) in [6.07, 6.45) is 0. The summed E-state index contributed by atoms with van der Waals surface area (Å²) in [6.45, 7) is 3.94. The summed E-state index contributed by atoms with van der Waals surface area (Å²) < 4.78 is 5.33. The van der Waals surface area contributed by atoms with Gasteiger partial charge in [0, 0.05) is 17.1 Å². The summed E-state index contributed by atoms with van der Waals surface area (Å²) in [7, 11) is 1.51. The van der Waals surface area contributed by atoms with E-state index in [-0.39, 0.29) is 24.4 Å². The average molecular weight is 452 g/mol. The van der Waals surface area contributed by atoms with Gasteiger partial charge in [0.05, 0.1) is 30.6 Å². The van der Waals surface area contributed by atoms with Gasteiger partial charge in [-0.2, -0.15) is 0 Å². The third-order valence-electron chi connectivity index (χ3n) is 5.04. The Morgan fingerprint density at radius 3 is 2.38 bits per heavy atom. The minimum absolute atomic E-state index is 0.0149. The number of anilines is 2. The number of para-hydroxylation sites is 1. The van der Waals surface area contributed by atoms with Crippen LogP contribution in [0.1, 0.15) is 34.5 Å². The van der Waals surface area contributed by atoms with Crippen LogP contribution in [-0.2, 0) is 4.79 Å². The van der Waals surface area contributed by atoms with Gasteiger partial charge in [-0.05, 0) is 43.2 Å². The summed E-state index contributed by atoms with van der Waals surface area (Å²) in [5, 5.41) is 9.40. The van der Waals surface area contributed by atoms with Crippen LogP contribution in [-0.4, -0.2) is 25.5 Å². The first kappa shape index (κ1) is 23.3. The van der Waals surface area contributed by atoms with Gasteiger partial charge in [-0.3, -0.25) is 9.59 Å². The van der Waals surface area contributed by atoms with E-state index in [1.54, 1.807) is 36.4 Å². The second-order valence-electron chi connectivity index (χ2n) is 7.36. The summed E-state index contributed by atoms with van der Waals surface area (Å²) in [5.74, 6) is -0.158. The number of hydrogen-bond donors (Lipinski definition) is 3. The van der Waals surface area contributed by atoms with Gasteiger partial charge in [0.1, 0.15) is 5.75 Å². The molecule has 1 atom stereocenters. The number of halogens is 1. The molecule has 166 valence electrons. The van der Waals surface area contributed by atoms with Crippen LogP contribution in [0.15, 0.2) is 66.7 Å². The smallest absolute Gasteiger partial charge is 0.257 e. The molecule has 6 nitrogen and oxygen atoms in total. The third kappa shape index (κ3) is 5.87. The quantitative estimate of drug-likeness (QED) is 0.440. The Bertz CT molecular complexity index is 1100.